The number of rotatable bonds is 7. The normalized spacial score (nSPS) is 10.5. The van der Waals surface area contributed by atoms with Crippen LogP contribution in [0.4, 0.5) is 11.4 Å². The van der Waals surface area contributed by atoms with Crippen LogP contribution in [0.2, 0.25) is 0 Å². The van der Waals surface area contributed by atoms with Crippen molar-refractivity contribution in [2.45, 2.75) is 9.79 Å². The van der Waals surface area contributed by atoms with Crippen LogP contribution < -0.4 is 10.9 Å². The van der Waals surface area contributed by atoms with Crippen LogP contribution in [0.1, 0.15) is 0 Å². The van der Waals surface area contributed by atoms with Crippen LogP contribution in [0.15, 0.2) is 58.3 Å². The molecule has 0 radical (unpaired) electrons. The van der Waals surface area contributed by atoms with E-state index in [1.807, 2.05) is 18.2 Å². The van der Waals surface area contributed by atoms with Crippen molar-refractivity contribution < 1.29 is 9.72 Å². The number of nitro groups is 1. The predicted octanol–water partition coefficient (Wildman–Crippen LogP) is 2.75. The molecule has 0 saturated carbocycles. The van der Waals surface area contributed by atoms with Crippen molar-refractivity contribution in [3.63, 3.8) is 0 Å². The molecule has 0 heterocycles. The fourth-order valence-electron chi connectivity index (χ4n) is 1.94. The van der Waals surface area contributed by atoms with Crippen LogP contribution in [0, 0.1) is 10.1 Å². The van der Waals surface area contributed by atoms with Crippen molar-refractivity contribution in [1.82, 2.24) is 10.3 Å². The lowest BCUT2D eigenvalue weighted by Gasteiger charge is -2.14. The van der Waals surface area contributed by atoms with Gasteiger partial charge in [-0.2, -0.15) is 0 Å². The van der Waals surface area contributed by atoms with Gasteiger partial charge in [0.15, 0.2) is 0 Å². The maximum Gasteiger partial charge on any atom is 0.283 e. The highest BCUT2D eigenvalue weighted by atomic mass is 32.2. The van der Waals surface area contributed by atoms with Crippen molar-refractivity contribution in [2.75, 3.05) is 26.1 Å². The summed E-state index contributed by atoms with van der Waals surface area (Å²) < 4.78 is 0. The van der Waals surface area contributed by atoms with Crippen LogP contribution >= 0.6 is 11.8 Å². The second-order valence-electron chi connectivity index (χ2n) is 5.23. The summed E-state index contributed by atoms with van der Waals surface area (Å²) in [5.74, 6) is -0.175. The number of hydrogen-bond donors (Lipinski definition) is 2. The van der Waals surface area contributed by atoms with Crippen molar-refractivity contribution in [2.24, 2.45) is 0 Å². The van der Waals surface area contributed by atoms with Gasteiger partial charge in [-0.05, 0) is 32.3 Å². The Labute approximate surface area is 144 Å². The molecule has 0 aliphatic heterocycles. The fraction of sp³-hybridized carbons (Fsp3) is 0.188. The van der Waals surface area contributed by atoms with E-state index in [-0.39, 0.29) is 18.1 Å². The maximum absolute atomic E-state index is 11.7. The molecule has 7 nitrogen and oxygen atoms in total. The molecule has 1 amide bonds. The number of nitrogens with zero attached hydrogens (tertiary/aromatic N) is 2. The van der Waals surface area contributed by atoms with Crippen LogP contribution in [0.3, 0.4) is 0 Å². The molecule has 24 heavy (non-hydrogen) atoms. The largest absolute Gasteiger partial charge is 0.301 e. The molecule has 2 aromatic rings. The standard InChI is InChI=1S/C16H18N4O3S/c1-19(2)11-16(21)18-17-12-7-3-5-9-14(12)24-15-10-6-4-8-13(15)20(22)23/h3-10,17H,11H2,1-2H3,(H,18,21). The molecule has 0 unspecified atom stereocenters. The van der Waals surface area contributed by atoms with Gasteiger partial charge >= 0.3 is 0 Å². The Morgan fingerprint density at radius 3 is 2.42 bits per heavy atom. The number of amides is 1. The molecule has 0 aliphatic rings. The maximum atomic E-state index is 11.7. The summed E-state index contributed by atoms with van der Waals surface area (Å²) >= 11 is 1.27. The Bertz CT molecular complexity index is 737. The third-order valence-electron chi connectivity index (χ3n) is 2.97. The highest BCUT2D eigenvalue weighted by molar-refractivity contribution is 7.99. The summed E-state index contributed by atoms with van der Waals surface area (Å²) in [4.78, 5) is 25.5. The number of anilines is 1. The van der Waals surface area contributed by atoms with Crippen molar-refractivity contribution in [3.05, 3.63) is 58.6 Å². The molecule has 0 fully saturated rings. The Morgan fingerprint density at radius 2 is 1.75 bits per heavy atom. The third-order valence-corrected chi connectivity index (χ3v) is 4.11. The van der Waals surface area contributed by atoms with Gasteiger partial charge in [-0.1, -0.05) is 36.0 Å². The van der Waals surface area contributed by atoms with Crippen LogP contribution in [0.25, 0.3) is 0 Å². The molecule has 126 valence electrons. The van der Waals surface area contributed by atoms with Gasteiger partial charge in [0.25, 0.3) is 11.6 Å². The minimum atomic E-state index is -0.406. The number of nitro benzene ring substituents is 1. The summed E-state index contributed by atoms with van der Waals surface area (Å²) in [6.45, 7) is 0.256. The number of likely N-dealkylation sites (N-methyl/N-ethyl adjacent to an activating group) is 1. The molecule has 0 aliphatic carbocycles. The van der Waals surface area contributed by atoms with Crippen molar-refractivity contribution in [3.8, 4) is 0 Å². The number of nitrogens with one attached hydrogen (secondary N) is 2. The smallest absolute Gasteiger partial charge is 0.283 e. The molecule has 2 N–H and O–H groups in total. The lowest BCUT2D eigenvalue weighted by atomic mass is 10.3. The molecular weight excluding hydrogens is 328 g/mol. The Hall–Kier alpha value is -2.58. The number of hydrazine groups is 1. The van der Waals surface area contributed by atoms with E-state index in [0.29, 0.717) is 10.6 Å². The van der Waals surface area contributed by atoms with E-state index in [2.05, 4.69) is 10.9 Å². The second-order valence-corrected chi connectivity index (χ2v) is 6.32. The lowest BCUT2D eigenvalue weighted by Crippen LogP contribution is -2.36. The quantitative estimate of drug-likeness (QED) is 0.592. The van der Waals surface area contributed by atoms with Gasteiger partial charge in [-0.15, -0.1) is 0 Å². The van der Waals surface area contributed by atoms with Gasteiger partial charge in [0, 0.05) is 11.0 Å². The molecular formula is C16H18N4O3S. The van der Waals surface area contributed by atoms with Gasteiger partial charge in [-0.3, -0.25) is 25.8 Å². The van der Waals surface area contributed by atoms with Crippen LogP contribution in [-0.4, -0.2) is 36.4 Å². The predicted molar refractivity (Wildman–Crippen MR) is 94.0 cm³/mol. The summed E-state index contributed by atoms with van der Waals surface area (Å²) in [6.07, 6.45) is 0. The van der Waals surface area contributed by atoms with E-state index < -0.39 is 4.92 Å². The zero-order valence-corrected chi connectivity index (χ0v) is 14.2. The molecule has 0 bridgehead atoms. The average molecular weight is 346 g/mol. The zero-order valence-electron chi connectivity index (χ0n) is 13.4. The van der Waals surface area contributed by atoms with E-state index in [1.54, 1.807) is 43.3 Å². The molecule has 0 atom stereocenters. The summed E-state index contributed by atoms with van der Waals surface area (Å²) in [6, 6.07) is 13.8. The van der Waals surface area contributed by atoms with Crippen molar-refractivity contribution >= 4 is 29.0 Å². The molecule has 0 spiro atoms. The number of benzene rings is 2. The Balaban J connectivity index is 2.15. The Kier molecular flexibility index (Phi) is 6.16. The second kappa shape index (κ2) is 8.32. The van der Waals surface area contributed by atoms with Gasteiger partial charge in [-0.25, -0.2) is 0 Å². The number of carbonyl (C=O) groups is 1. The van der Waals surface area contributed by atoms with Gasteiger partial charge < -0.3 is 4.90 Å². The first-order valence-corrected chi connectivity index (χ1v) is 7.99. The van der Waals surface area contributed by atoms with E-state index in [9.17, 15) is 14.9 Å². The van der Waals surface area contributed by atoms with E-state index in [4.69, 9.17) is 0 Å². The molecule has 0 saturated heterocycles. The number of para-hydroxylation sites is 2. The van der Waals surface area contributed by atoms with Crippen molar-refractivity contribution in [1.29, 1.82) is 0 Å². The minimum Gasteiger partial charge on any atom is -0.301 e. The first-order chi connectivity index (χ1) is 11.5. The average Bonchev–Trinajstić information content (AvgIpc) is 2.53. The first-order valence-electron chi connectivity index (χ1n) is 7.17. The summed E-state index contributed by atoms with van der Waals surface area (Å²) in [7, 11) is 3.61. The topological polar surface area (TPSA) is 87.5 Å². The SMILES string of the molecule is CN(C)CC(=O)NNc1ccccc1Sc1ccccc1[N+](=O)[O-]. The summed E-state index contributed by atoms with van der Waals surface area (Å²) in [5, 5.41) is 11.1. The van der Waals surface area contributed by atoms with E-state index in [1.165, 1.54) is 17.8 Å². The van der Waals surface area contributed by atoms with Gasteiger partial charge in [0.1, 0.15) is 0 Å². The fourth-order valence-corrected chi connectivity index (χ4v) is 2.94. The van der Waals surface area contributed by atoms with E-state index >= 15 is 0 Å². The summed E-state index contributed by atoms with van der Waals surface area (Å²) in [5.41, 5.74) is 6.21. The molecule has 8 heteroatoms. The molecule has 2 aromatic carbocycles. The molecule has 0 aromatic heterocycles. The van der Waals surface area contributed by atoms with Gasteiger partial charge in [0.05, 0.1) is 22.1 Å². The van der Waals surface area contributed by atoms with Gasteiger partial charge in [0.2, 0.25) is 0 Å². The minimum absolute atomic E-state index is 0.0500. The number of hydrogen-bond acceptors (Lipinski definition) is 6. The van der Waals surface area contributed by atoms with Crippen LogP contribution in [0.5, 0.6) is 0 Å². The first kappa shape index (κ1) is 17.8. The van der Waals surface area contributed by atoms with Crippen LogP contribution in [-0.2, 0) is 4.79 Å². The lowest BCUT2D eigenvalue weighted by molar-refractivity contribution is -0.387. The monoisotopic (exact) mass is 346 g/mol. The van der Waals surface area contributed by atoms with E-state index in [0.717, 1.165) is 4.90 Å². The molecule has 2 rings (SSSR count). The highest BCUT2D eigenvalue weighted by Gasteiger charge is 2.15. The number of carbonyl (C=O) groups excluding carboxylic acids is 1. The zero-order chi connectivity index (χ0) is 17.5. The Morgan fingerprint density at radius 1 is 1.12 bits per heavy atom. The third kappa shape index (κ3) is 4.97. The highest BCUT2D eigenvalue weighted by Crippen LogP contribution is 2.37.